The van der Waals surface area contributed by atoms with Gasteiger partial charge in [0, 0.05) is 13.1 Å². The Bertz CT molecular complexity index is 549. The summed E-state index contributed by atoms with van der Waals surface area (Å²) in [6, 6.07) is 6.81. The van der Waals surface area contributed by atoms with Crippen LogP contribution in [0.4, 0.5) is 4.79 Å². The molecule has 1 aliphatic heterocycles. The minimum Gasteiger partial charge on any atom is -0.480 e. The monoisotopic (exact) mass is 290 g/mol. The molecule has 0 radical (unpaired) electrons. The molecule has 2 N–H and O–H groups in total. The molecule has 1 aromatic rings. The Morgan fingerprint density at radius 3 is 2.43 bits per heavy atom. The number of aliphatic carboxylic acids is 1. The number of benzene rings is 1. The molecular formula is C16H22N2O3. The Kier molecular flexibility index (Phi) is 4.21. The Morgan fingerprint density at radius 1 is 1.24 bits per heavy atom. The van der Waals surface area contributed by atoms with Crippen molar-refractivity contribution in [2.24, 2.45) is 5.41 Å². The molecule has 1 atom stereocenters. The smallest absolute Gasteiger partial charge is 0.326 e. The minimum atomic E-state index is -1.01. The quantitative estimate of drug-likeness (QED) is 0.877. The van der Waals surface area contributed by atoms with E-state index in [1.165, 1.54) is 5.56 Å². The number of carboxylic acid groups (broad SMARTS) is 1. The molecule has 1 heterocycles. The van der Waals surface area contributed by atoms with Crippen LogP contribution in [-0.4, -0.2) is 34.6 Å². The van der Waals surface area contributed by atoms with E-state index in [2.05, 4.69) is 11.4 Å². The van der Waals surface area contributed by atoms with Gasteiger partial charge in [-0.25, -0.2) is 9.59 Å². The summed E-state index contributed by atoms with van der Waals surface area (Å²) < 4.78 is 0. The van der Waals surface area contributed by atoms with Crippen molar-refractivity contribution in [2.45, 2.75) is 39.8 Å². The van der Waals surface area contributed by atoms with E-state index in [4.69, 9.17) is 0 Å². The van der Waals surface area contributed by atoms with Gasteiger partial charge in [0.15, 0.2) is 0 Å². The zero-order valence-electron chi connectivity index (χ0n) is 12.7. The number of hydrogen-bond donors (Lipinski definition) is 2. The summed E-state index contributed by atoms with van der Waals surface area (Å²) >= 11 is 0. The predicted molar refractivity (Wildman–Crippen MR) is 80.0 cm³/mol. The SMILES string of the molecule is CC(C)(C)C(NC(=O)N1CCc2ccccc2C1)C(=O)O. The summed E-state index contributed by atoms with van der Waals surface area (Å²) in [4.78, 5) is 25.3. The van der Waals surface area contributed by atoms with E-state index in [-0.39, 0.29) is 6.03 Å². The molecule has 0 saturated heterocycles. The van der Waals surface area contributed by atoms with Crippen molar-refractivity contribution in [1.29, 1.82) is 0 Å². The second-order valence-corrected chi connectivity index (χ2v) is 6.53. The molecule has 1 unspecified atom stereocenters. The van der Waals surface area contributed by atoms with Crippen molar-refractivity contribution in [3.05, 3.63) is 35.4 Å². The molecule has 0 aromatic heterocycles. The number of carboxylic acids is 1. The second kappa shape index (κ2) is 5.76. The highest BCUT2D eigenvalue weighted by Crippen LogP contribution is 2.21. The third-order valence-corrected chi connectivity index (χ3v) is 3.80. The number of amides is 2. The first-order valence-electron chi connectivity index (χ1n) is 7.14. The van der Waals surface area contributed by atoms with Gasteiger partial charge in [-0.15, -0.1) is 0 Å². The third-order valence-electron chi connectivity index (χ3n) is 3.80. The van der Waals surface area contributed by atoms with E-state index >= 15 is 0 Å². The van der Waals surface area contributed by atoms with Crippen molar-refractivity contribution < 1.29 is 14.7 Å². The van der Waals surface area contributed by atoms with Gasteiger partial charge in [0.1, 0.15) is 6.04 Å². The van der Waals surface area contributed by atoms with E-state index in [9.17, 15) is 14.7 Å². The summed E-state index contributed by atoms with van der Waals surface area (Å²) in [6.07, 6.45) is 0.802. The molecule has 114 valence electrons. The topological polar surface area (TPSA) is 69.6 Å². The second-order valence-electron chi connectivity index (χ2n) is 6.53. The molecular weight excluding hydrogens is 268 g/mol. The Balaban J connectivity index is 2.06. The number of rotatable bonds is 2. The fourth-order valence-electron chi connectivity index (χ4n) is 2.53. The van der Waals surface area contributed by atoms with E-state index in [0.29, 0.717) is 13.1 Å². The van der Waals surface area contributed by atoms with Gasteiger partial charge in [-0.05, 0) is 23.0 Å². The van der Waals surface area contributed by atoms with Gasteiger partial charge in [-0.3, -0.25) is 0 Å². The van der Waals surface area contributed by atoms with Crippen LogP contribution in [-0.2, 0) is 17.8 Å². The van der Waals surface area contributed by atoms with E-state index in [1.54, 1.807) is 25.7 Å². The zero-order chi connectivity index (χ0) is 15.6. The highest BCUT2D eigenvalue weighted by molar-refractivity contribution is 5.83. The van der Waals surface area contributed by atoms with Gasteiger partial charge < -0.3 is 15.3 Å². The zero-order valence-corrected chi connectivity index (χ0v) is 12.7. The van der Waals surface area contributed by atoms with Crippen LogP contribution in [0.3, 0.4) is 0 Å². The Labute approximate surface area is 125 Å². The van der Waals surface area contributed by atoms with Gasteiger partial charge in [0.25, 0.3) is 0 Å². The van der Waals surface area contributed by atoms with Crippen LogP contribution in [0.15, 0.2) is 24.3 Å². The summed E-state index contributed by atoms with van der Waals surface area (Å²) in [5, 5.41) is 11.9. The lowest BCUT2D eigenvalue weighted by molar-refractivity contribution is -0.142. The minimum absolute atomic E-state index is 0.313. The first-order valence-corrected chi connectivity index (χ1v) is 7.14. The molecule has 5 nitrogen and oxygen atoms in total. The van der Waals surface area contributed by atoms with Crippen molar-refractivity contribution in [1.82, 2.24) is 10.2 Å². The third kappa shape index (κ3) is 3.54. The number of hydrogen-bond acceptors (Lipinski definition) is 2. The molecule has 5 heteroatoms. The highest BCUT2D eigenvalue weighted by atomic mass is 16.4. The fourth-order valence-corrected chi connectivity index (χ4v) is 2.53. The number of nitrogens with one attached hydrogen (secondary N) is 1. The first kappa shape index (κ1) is 15.4. The molecule has 0 saturated carbocycles. The maximum Gasteiger partial charge on any atom is 0.326 e. The first-order chi connectivity index (χ1) is 9.79. The molecule has 0 fully saturated rings. The lowest BCUT2D eigenvalue weighted by atomic mass is 9.87. The fraction of sp³-hybridized carbons (Fsp3) is 0.500. The number of nitrogens with zero attached hydrogens (tertiary/aromatic N) is 1. The van der Waals surface area contributed by atoms with Gasteiger partial charge in [-0.1, -0.05) is 45.0 Å². The van der Waals surface area contributed by atoms with Crippen LogP contribution in [0.5, 0.6) is 0 Å². The van der Waals surface area contributed by atoms with Gasteiger partial charge in [0.2, 0.25) is 0 Å². The van der Waals surface area contributed by atoms with E-state index in [1.807, 2.05) is 18.2 Å². The molecule has 2 amide bonds. The molecule has 0 bridgehead atoms. The van der Waals surface area contributed by atoms with Crippen LogP contribution in [0, 0.1) is 5.41 Å². The Morgan fingerprint density at radius 2 is 1.86 bits per heavy atom. The van der Waals surface area contributed by atoms with Crippen LogP contribution >= 0.6 is 0 Å². The van der Waals surface area contributed by atoms with E-state index in [0.717, 1.165) is 12.0 Å². The summed E-state index contributed by atoms with van der Waals surface area (Å²) in [6.45, 7) is 6.55. The van der Waals surface area contributed by atoms with Gasteiger partial charge in [-0.2, -0.15) is 0 Å². The standard InChI is InChI=1S/C16H22N2O3/c1-16(2,3)13(14(19)20)17-15(21)18-9-8-11-6-4-5-7-12(11)10-18/h4-7,13H,8-10H2,1-3H3,(H,17,21)(H,19,20). The predicted octanol–water partition coefficient (Wildman–Crippen LogP) is 2.25. The summed E-state index contributed by atoms with van der Waals surface area (Å²) in [5.41, 5.74) is 1.85. The molecule has 1 aliphatic rings. The molecule has 0 aliphatic carbocycles. The largest absolute Gasteiger partial charge is 0.480 e. The highest BCUT2D eigenvalue weighted by Gasteiger charge is 2.34. The number of carbonyl (C=O) groups excluding carboxylic acids is 1. The maximum atomic E-state index is 12.3. The van der Waals surface area contributed by atoms with Crippen molar-refractivity contribution in [3.63, 3.8) is 0 Å². The number of urea groups is 1. The summed E-state index contributed by atoms with van der Waals surface area (Å²) in [7, 11) is 0. The van der Waals surface area contributed by atoms with Crippen molar-refractivity contribution >= 4 is 12.0 Å². The molecule has 21 heavy (non-hydrogen) atoms. The average molecular weight is 290 g/mol. The Hall–Kier alpha value is -2.04. The van der Waals surface area contributed by atoms with E-state index < -0.39 is 17.4 Å². The van der Waals surface area contributed by atoms with Gasteiger partial charge in [0.05, 0.1) is 0 Å². The van der Waals surface area contributed by atoms with Crippen LogP contribution in [0.1, 0.15) is 31.9 Å². The van der Waals surface area contributed by atoms with Crippen LogP contribution in [0.2, 0.25) is 0 Å². The van der Waals surface area contributed by atoms with Crippen LogP contribution < -0.4 is 5.32 Å². The molecule has 1 aromatic carbocycles. The molecule has 0 spiro atoms. The molecule has 2 rings (SSSR count). The lowest BCUT2D eigenvalue weighted by Gasteiger charge is -2.33. The summed E-state index contributed by atoms with van der Waals surface area (Å²) in [5.74, 6) is -1.01. The van der Waals surface area contributed by atoms with Gasteiger partial charge >= 0.3 is 12.0 Å². The number of carbonyl (C=O) groups is 2. The maximum absolute atomic E-state index is 12.3. The normalized spacial score (nSPS) is 16.0. The average Bonchev–Trinajstić information content (AvgIpc) is 2.42. The van der Waals surface area contributed by atoms with Crippen LogP contribution in [0.25, 0.3) is 0 Å². The number of fused-ring (bicyclic) bond motifs is 1. The van der Waals surface area contributed by atoms with Crippen molar-refractivity contribution in [2.75, 3.05) is 6.54 Å². The van der Waals surface area contributed by atoms with Crippen molar-refractivity contribution in [3.8, 4) is 0 Å². The lowest BCUT2D eigenvalue weighted by Crippen LogP contribution is -2.54.